The van der Waals surface area contributed by atoms with Gasteiger partial charge in [0.25, 0.3) is 0 Å². The fourth-order valence-corrected chi connectivity index (χ4v) is 3.12. The molecule has 2 unspecified atom stereocenters. The van der Waals surface area contributed by atoms with Crippen LogP contribution in [0.3, 0.4) is 0 Å². The number of hydrogen-bond acceptors (Lipinski definition) is 2. The normalized spacial score (nSPS) is 26.7. The number of carbonyl (C=O) groups is 1. The SMILES string of the molecule is Cc1cccc2c1CC1CCC(C(=O)O)N21. The minimum absolute atomic E-state index is 0.312. The zero-order valence-electron chi connectivity index (χ0n) is 9.31. The third kappa shape index (κ3) is 1.17. The summed E-state index contributed by atoms with van der Waals surface area (Å²) in [6, 6.07) is 6.29. The summed E-state index contributed by atoms with van der Waals surface area (Å²) in [6.07, 6.45) is 2.81. The zero-order chi connectivity index (χ0) is 11.3. The van der Waals surface area contributed by atoms with Gasteiger partial charge < -0.3 is 10.0 Å². The molecule has 0 saturated carbocycles. The molecule has 3 heteroatoms. The van der Waals surface area contributed by atoms with Crippen molar-refractivity contribution in [2.24, 2.45) is 0 Å². The van der Waals surface area contributed by atoms with Crippen LogP contribution in [-0.2, 0) is 11.2 Å². The molecule has 16 heavy (non-hydrogen) atoms. The quantitative estimate of drug-likeness (QED) is 0.782. The smallest absolute Gasteiger partial charge is 0.326 e. The van der Waals surface area contributed by atoms with Crippen molar-refractivity contribution in [2.45, 2.75) is 38.3 Å². The summed E-state index contributed by atoms with van der Waals surface area (Å²) in [5.41, 5.74) is 3.78. The number of aliphatic carboxylic acids is 1. The fraction of sp³-hybridized carbons (Fsp3) is 0.462. The van der Waals surface area contributed by atoms with Crippen LogP contribution in [0.5, 0.6) is 0 Å². The summed E-state index contributed by atoms with van der Waals surface area (Å²) in [5.74, 6) is -0.683. The van der Waals surface area contributed by atoms with Crippen molar-refractivity contribution < 1.29 is 9.90 Å². The van der Waals surface area contributed by atoms with Crippen LogP contribution >= 0.6 is 0 Å². The highest BCUT2D eigenvalue weighted by atomic mass is 16.4. The van der Waals surface area contributed by atoms with Gasteiger partial charge in [0.2, 0.25) is 0 Å². The lowest BCUT2D eigenvalue weighted by Crippen LogP contribution is -2.38. The first-order chi connectivity index (χ1) is 7.68. The molecule has 2 aliphatic rings. The number of fused-ring (bicyclic) bond motifs is 3. The summed E-state index contributed by atoms with van der Waals surface area (Å²) in [5, 5.41) is 9.21. The molecule has 1 fully saturated rings. The lowest BCUT2D eigenvalue weighted by molar-refractivity contribution is -0.138. The number of nitrogens with zero attached hydrogens (tertiary/aromatic N) is 1. The average Bonchev–Trinajstić information content (AvgIpc) is 2.77. The van der Waals surface area contributed by atoms with Gasteiger partial charge in [0, 0.05) is 11.7 Å². The molecule has 2 aliphatic heterocycles. The molecule has 2 heterocycles. The molecule has 1 saturated heterocycles. The molecule has 3 nitrogen and oxygen atoms in total. The van der Waals surface area contributed by atoms with Crippen LogP contribution in [0.2, 0.25) is 0 Å². The van der Waals surface area contributed by atoms with Crippen LogP contribution in [0.4, 0.5) is 5.69 Å². The Morgan fingerprint density at radius 2 is 2.25 bits per heavy atom. The van der Waals surface area contributed by atoms with Crippen molar-refractivity contribution in [3.05, 3.63) is 29.3 Å². The molecule has 84 valence electrons. The Morgan fingerprint density at radius 1 is 1.44 bits per heavy atom. The van der Waals surface area contributed by atoms with Crippen LogP contribution in [0.1, 0.15) is 24.0 Å². The Morgan fingerprint density at radius 3 is 3.00 bits per heavy atom. The Balaban J connectivity index is 2.07. The molecule has 3 rings (SSSR count). The van der Waals surface area contributed by atoms with E-state index in [1.807, 2.05) is 6.07 Å². The highest BCUT2D eigenvalue weighted by molar-refractivity contribution is 5.81. The van der Waals surface area contributed by atoms with Crippen LogP contribution in [0.15, 0.2) is 18.2 Å². The van der Waals surface area contributed by atoms with Gasteiger partial charge in [-0.05, 0) is 43.4 Å². The van der Waals surface area contributed by atoms with Crippen molar-refractivity contribution in [2.75, 3.05) is 4.90 Å². The van der Waals surface area contributed by atoms with Gasteiger partial charge in [-0.15, -0.1) is 0 Å². The third-order valence-electron chi connectivity index (χ3n) is 3.89. The summed E-state index contributed by atoms with van der Waals surface area (Å²) in [4.78, 5) is 13.3. The maximum Gasteiger partial charge on any atom is 0.326 e. The summed E-state index contributed by atoms with van der Waals surface area (Å²) < 4.78 is 0. The molecular weight excluding hydrogens is 202 g/mol. The van der Waals surface area contributed by atoms with E-state index in [1.165, 1.54) is 11.1 Å². The van der Waals surface area contributed by atoms with E-state index in [2.05, 4.69) is 24.0 Å². The second kappa shape index (κ2) is 3.24. The Labute approximate surface area is 94.7 Å². The minimum atomic E-state index is -0.683. The predicted molar refractivity (Wildman–Crippen MR) is 61.8 cm³/mol. The van der Waals surface area contributed by atoms with Gasteiger partial charge in [-0.1, -0.05) is 12.1 Å². The molecule has 0 radical (unpaired) electrons. The predicted octanol–water partition coefficient (Wildman–Crippen LogP) is 1.97. The van der Waals surface area contributed by atoms with E-state index in [1.54, 1.807) is 0 Å². The molecule has 2 atom stereocenters. The number of carboxylic acids is 1. The number of rotatable bonds is 1. The lowest BCUT2D eigenvalue weighted by Gasteiger charge is -2.24. The largest absolute Gasteiger partial charge is 0.480 e. The standard InChI is InChI=1S/C13H15NO2/c1-8-3-2-4-11-10(8)7-9-5-6-12(13(15)16)14(9)11/h2-4,9,12H,5-7H2,1H3,(H,15,16). The van der Waals surface area contributed by atoms with Gasteiger partial charge >= 0.3 is 5.97 Å². The second-order valence-corrected chi connectivity index (χ2v) is 4.77. The first-order valence-corrected chi connectivity index (χ1v) is 5.78. The van der Waals surface area contributed by atoms with Gasteiger partial charge in [0.15, 0.2) is 0 Å². The molecule has 0 spiro atoms. The van der Waals surface area contributed by atoms with Gasteiger partial charge in [-0.3, -0.25) is 0 Å². The highest BCUT2D eigenvalue weighted by Crippen LogP contribution is 2.42. The number of anilines is 1. The maximum absolute atomic E-state index is 11.2. The summed E-state index contributed by atoms with van der Waals surface area (Å²) in [7, 11) is 0. The lowest BCUT2D eigenvalue weighted by atomic mass is 10.0. The van der Waals surface area contributed by atoms with Crippen LogP contribution in [0.25, 0.3) is 0 Å². The summed E-state index contributed by atoms with van der Waals surface area (Å²) >= 11 is 0. The van der Waals surface area contributed by atoms with Crippen molar-refractivity contribution in [3.63, 3.8) is 0 Å². The molecule has 0 amide bonds. The average molecular weight is 217 g/mol. The highest BCUT2D eigenvalue weighted by Gasteiger charge is 2.42. The van der Waals surface area contributed by atoms with Crippen molar-refractivity contribution in [3.8, 4) is 0 Å². The number of benzene rings is 1. The molecule has 0 bridgehead atoms. The summed E-state index contributed by atoms with van der Waals surface area (Å²) in [6.45, 7) is 2.11. The molecule has 0 aromatic heterocycles. The van der Waals surface area contributed by atoms with E-state index in [0.29, 0.717) is 6.04 Å². The monoisotopic (exact) mass is 217 g/mol. The van der Waals surface area contributed by atoms with Crippen LogP contribution < -0.4 is 4.90 Å². The van der Waals surface area contributed by atoms with Crippen LogP contribution in [0, 0.1) is 6.92 Å². The van der Waals surface area contributed by atoms with E-state index in [0.717, 1.165) is 24.9 Å². The van der Waals surface area contributed by atoms with Crippen molar-refractivity contribution in [1.82, 2.24) is 0 Å². The molecule has 1 aromatic carbocycles. The van der Waals surface area contributed by atoms with E-state index < -0.39 is 5.97 Å². The van der Waals surface area contributed by atoms with E-state index in [4.69, 9.17) is 0 Å². The van der Waals surface area contributed by atoms with E-state index in [9.17, 15) is 9.90 Å². The van der Waals surface area contributed by atoms with Gasteiger partial charge in [-0.2, -0.15) is 0 Å². The third-order valence-corrected chi connectivity index (χ3v) is 3.89. The zero-order valence-corrected chi connectivity index (χ0v) is 9.31. The van der Waals surface area contributed by atoms with Crippen molar-refractivity contribution >= 4 is 11.7 Å². The van der Waals surface area contributed by atoms with Gasteiger partial charge in [-0.25, -0.2) is 4.79 Å². The Bertz CT molecular complexity index is 455. The van der Waals surface area contributed by atoms with E-state index in [-0.39, 0.29) is 6.04 Å². The van der Waals surface area contributed by atoms with Crippen molar-refractivity contribution in [1.29, 1.82) is 0 Å². The van der Waals surface area contributed by atoms with Gasteiger partial charge in [0.05, 0.1) is 0 Å². The Kier molecular flexibility index (Phi) is 1.96. The van der Waals surface area contributed by atoms with Gasteiger partial charge in [0.1, 0.15) is 6.04 Å². The fourth-order valence-electron chi connectivity index (χ4n) is 3.12. The Hall–Kier alpha value is -1.51. The number of carboxylic acid groups (broad SMARTS) is 1. The molecule has 0 aliphatic carbocycles. The number of aryl methyl sites for hydroxylation is 1. The first-order valence-electron chi connectivity index (χ1n) is 5.78. The van der Waals surface area contributed by atoms with E-state index >= 15 is 0 Å². The molecular formula is C13H15NO2. The first kappa shape index (κ1) is 9.70. The number of hydrogen-bond donors (Lipinski definition) is 1. The second-order valence-electron chi connectivity index (χ2n) is 4.77. The topological polar surface area (TPSA) is 40.5 Å². The maximum atomic E-state index is 11.2. The minimum Gasteiger partial charge on any atom is -0.480 e. The molecule has 1 N–H and O–H groups in total. The molecule has 1 aromatic rings. The van der Waals surface area contributed by atoms with Crippen LogP contribution in [-0.4, -0.2) is 23.2 Å².